The number of hydrogen-bond acceptors (Lipinski definition) is 3. The van der Waals surface area contributed by atoms with E-state index in [0.29, 0.717) is 12.8 Å². The smallest absolute Gasteiger partial charge is 0.748 e. The van der Waals surface area contributed by atoms with Gasteiger partial charge in [0.2, 0.25) is 0 Å². The van der Waals surface area contributed by atoms with E-state index in [2.05, 4.69) is 13.8 Å². The Morgan fingerprint density at radius 3 is 0.829 bits per heavy atom. The van der Waals surface area contributed by atoms with E-state index < -0.39 is 15.4 Å². The normalized spacial score (nSPS) is 12.5. The molecule has 0 aliphatic rings. The van der Waals surface area contributed by atoms with Gasteiger partial charge >= 0.3 is 51.4 Å². The largest absolute Gasteiger partial charge is 1.00 e. The molecule has 3 nitrogen and oxygen atoms in total. The first-order valence-corrected chi connectivity index (χ1v) is 16.9. The maximum Gasteiger partial charge on any atom is 1.00 e. The third kappa shape index (κ3) is 30.0. The third-order valence-corrected chi connectivity index (χ3v) is 8.71. The molecule has 0 aromatic carbocycles. The first-order chi connectivity index (χ1) is 16.5. The topological polar surface area (TPSA) is 57.2 Å². The van der Waals surface area contributed by atoms with Crippen molar-refractivity contribution in [3.63, 3.8) is 0 Å². The summed E-state index contributed by atoms with van der Waals surface area (Å²) in [5, 5.41) is -0.649. The minimum Gasteiger partial charge on any atom is -0.748 e. The molecule has 0 aromatic rings. The van der Waals surface area contributed by atoms with Crippen LogP contribution in [-0.2, 0) is 10.1 Å². The van der Waals surface area contributed by atoms with Gasteiger partial charge in [-0.3, -0.25) is 0 Å². The Hall–Kier alpha value is 1.55. The van der Waals surface area contributed by atoms with Gasteiger partial charge < -0.3 is 4.55 Å². The van der Waals surface area contributed by atoms with Gasteiger partial charge in [-0.1, -0.05) is 174 Å². The van der Waals surface area contributed by atoms with Crippen LogP contribution in [0.4, 0.5) is 0 Å². The molecule has 0 aromatic heterocycles. The van der Waals surface area contributed by atoms with Gasteiger partial charge in [0, 0.05) is 5.25 Å². The van der Waals surface area contributed by atoms with Gasteiger partial charge in [-0.2, -0.15) is 0 Å². The Balaban J connectivity index is 0. The summed E-state index contributed by atoms with van der Waals surface area (Å²) in [6, 6.07) is 0. The summed E-state index contributed by atoms with van der Waals surface area (Å²) >= 11 is 0. The van der Waals surface area contributed by atoms with Crippen LogP contribution in [0.25, 0.3) is 0 Å². The minimum absolute atomic E-state index is 0. The van der Waals surface area contributed by atoms with Gasteiger partial charge in [-0.15, -0.1) is 0 Å². The zero-order valence-corrected chi connectivity index (χ0v) is 28.2. The Morgan fingerprint density at radius 2 is 0.629 bits per heavy atom. The second kappa shape index (κ2) is 30.1. The Morgan fingerprint density at radius 1 is 0.429 bits per heavy atom. The van der Waals surface area contributed by atoms with Gasteiger partial charge in [0.1, 0.15) is 0 Å². The molecule has 0 radical (unpaired) electrons. The molecule has 0 N–H and O–H groups in total. The summed E-state index contributed by atoms with van der Waals surface area (Å²) in [6.07, 6.45) is 33.3. The molecule has 0 saturated carbocycles. The van der Waals surface area contributed by atoms with Crippen molar-refractivity contribution >= 4 is 10.1 Å². The molecular weight excluding hydrogens is 479 g/mol. The van der Waals surface area contributed by atoms with Crippen LogP contribution in [0.1, 0.15) is 187 Å². The van der Waals surface area contributed by atoms with Crippen LogP contribution >= 0.6 is 0 Å². The predicted octanol–water partition coefficient (Wildman–Crippen LogP) is 7.48. The van der Waals surface area contributed by atoms with Gasteiger partial charge in [0.05, 0.1) is 10.1 Å². The molecule has 35 heavy (non-hydrogen) atoms. The number of rotatable bonds is 28. The molecule has 1 unspecified atom stereocenters. The van der Waals surface area contributed by atoms with Crippen molar-refractivity contribution in [2.24, 2.45) is 0 Å². The van der Waals surface area contributed by atoms with Crippen LogP contribution in [0, 0.1) is 0 Å². The van der Waals surface area contributed by atoms with Gasteiger partial charge in [0.25, 0.3) is 0 Å². The summed E-state index contributed by atoms with van der Waals surface area (Å²) in [5.74, 6) is 0. The molecule has 0 fully saturated rings. The second-order valence-corrected chi connectivity index (χ2v) is 12.5. The molecular formula is C30H61KO3S. The van der Waals surface area contributed by atoms with E-state index in [1.165, 1.54) is 135 Å². The molecule has 0 aliphatic carbocycles. The second-order valence-electron chi connectivity index (χ2n) is 10.8. The monoisotopic (exact) mass is 540 g/mol. The molecule has 0 saturated heterocycles. The van der Waals surface area contributed by atoms with E-state index in [0.717, 1.165) is 25.7 Å². The predicted molar refractivity (Wildman–Crippen MR) is 149 cm³/mol. The van der Waals surface area contributed by atoms with Crippen molar-refractivity contribution in [2.45, 2.75) is 192 Å². The molecule has 0 aliphatic heterocycles. The molecule has 5 heteroatoms. The Kier molecular flexibility index (Phi) is 33.3. The molecule has 0 bridgehead atoms. The first-order valence-electron chi connectivity index (χ1n) is 15.5. The van der Waals surface area contributed by atoms with Gasteiger partial charge in [-0.05, 0) is 12.8 Å². The Labute approximate surface area is 264 Å². The molecule has 0 heterocycles. The van der Waals surface area contributed by atoms with E-state index >= 15 is 0 Å². The van der Waals surface area contributed by atoms with Crippen LogP contribution in [-0.4, -0.2) is 18.2 Å². The fraction of sp³-hybridized carbons (Fsp3) is 1.00. The molecule has 0 spiro atoms. The van der Waals surface area contributed by atoms with Crippen molar-refractivity contribution in [3.8, 4) is 0 Å². The minimum atomic E-state index is -4.14. The molecule has 1 atom stereocenters. The van der Waals surface area contributed by atoms with Crippen molar-refractivity contribution < 1.29 is 64.4 Å². The van der Waals surface area contributed by atoms with E-state index in [-0.39, 0.29) is 51.4 Å². The summed E-state index contributed by atoms with van der Waals surface area (Å²) in [5.41, 5.74) is 0. The average molecular weight is 541 g/mol. The SMILES string of the molecule is CCCCCCCCCCCCCCCCCCCCC(CCCCCCCCC)S(=O)(=O)[O-].[K+]. The number of unbranched alkanes of at least 4 members (excludes halogenated alkanes) is 23. The fourth-order valence-electron chi connectivity index (χ4n) is 5.04. The van der Waals surface area contributed by atoms with Crippen LogP contribution < -0.4 is 51.4 Å². The third-order valence-electron chi connectivity index (χ3n) is 7.42. The van der Waals surface area contributed by atoms with E-state index in [1.54, 1.807) is 0 Å². The van der Waals surface area contributed by atoms with E-state index in [4.69, 9.17) is 0 Å². The van der Waals surface area contributed by atoms with Gasteiger partial charge in [0.15, 0.2) is 0 Å². The standard InChI is InChI=1S/C30H62O3S.K/c1-3-5-7-9-11-12-13-14-15-16-17-18-19-20-21-23-25-27-29-30(34(31,32)33)28-26-24-22-10-8-6-4-2;/h30H,3-29H2,1-2H3,(H,31,32,33);/q;+1/p-1. The maximum absolute atomic E-state index is 11.6. The van der Waals surface area contributed by atoms with Crippen LogP contribution in [0.15, 0.2) is 0 Å². The van der Waals surface area contributed by atoms with Crippen LogP contribution in [0.5, 0.6) is 0 Å². The molecule has 206 valence electrons. The summed E-state index contributed by atoms with van der Waals surface area (Å²) in [6.45, 7) is 4.49. The first kappa shape index (κ1) is 38.7. The summed E-state index contributed by atoms with van der Waals surface area (Å²) in [7, 11) is -4.14. The zero-order valence-electron chi connectivity index (χ0n) is 24.3. The van der Waals surface area contributed by atoms with Crippen molar-refractivity contribution in [1.82, 2.24) is 0 Å². The van der Waals surface area contributed by atoms with Crippen LogP contribution in [0.2, 0.25) is 0 Å². The average Bonchev–Trinajstić information content (AvgIpc) is 2.80. The molecule has 0 rings (SSSR count). The molecule has 0 amide bonds. The van der Waals surface area contributed by atoms with Crippen molar-refractivity contribution in [1.29, 1.82) is 0 Å². The Bertz CT molecular complexity index is 496. The summed E-state index contributed by atoms with van der Waals surface area (Å²) in [4.78, 5) is 0. The number of hydrogen-bond donors (Lipinski definition) is 0. The zero-order chi connectivity index (χ0) is 25.2. The fourth-order valence-corrected chi connectivity index (χ4v) is 5.95. The summed E-state index contributed by atoms with van der Waals surface area (Å²) < 4.78 is 34.8. The quantitative estimate of drug-likeness (QED) is 0.0587. The van der Waals surface area contributed by atoms with Crippen LogP contribution in [0.3, 0.4) is 0 Å². The van der Waals surface area contributed by atoms with Crippen molar-refractivity contribution in [2.75, 3.05) is 0 Å². The van der Waals surface area contributed by atoms with Crippen molar-refractivity contribution in [3.05, 3.63) is 0 Å². The van der Waals surface area contributed by atoms with Gasteiger partial charge in [-0.25, -0.2) is 8.42 Å². The van der Waals surface area contributed by atoms with E-state index in [1.807, 2.05) is 0 Å². The van der Waals surface area contributed by atoms with E-state index in [9.17, 15) is 13.0 Å². The maximum atomic E-state index is 11.6.